The highest BCUT2D eigenvalue weighted by Gasteiger charge is 2.36. The van der Waals surface area contributed by atoms with Crippen molar-refractivity contribution in [2.75, 3.05) is 32.8 Å². The number of likely N-dealkylation sites (tertiary alicyclic amines) is 1. The van der Waals surface area contributed by atoms with E-state index in [0.717, 1.165) is 54.7 Å². The molecule has 4 heterocycles. The number of piperidine rings is 1. The molecule has 0 N–H and O–H groups in total. The second-order valence-electron chi connectivity index (χ2n) is 10.9. The van der Waals surface area contributed by atoms with Gasteiger partial charge in [0, 0.05) is 55.4 Å². The van der Waals surface area contributed by atoms with Crippen LogP contribution in [0.3, 0.4) is 0 Å². The van der Waals surface area contributed by atoms with Crippen LogP contribution in [0.4, 0.5) is 4.79 Å². The molecule has 0 atom stereocenters. The van der Waals surface area contributed by atoms with E-state index in [0.29, 0.717) is 25.5 Å². The number of hydrogen-bond donors (Lipinski definition) is 0. The Balaban J connectivity index is 1.18. The van der Waals surface area contributed by atoms with E-state index in [2.05, 4.69) is 9.88 Å². The lowest BCUT2D eigenvalue weighted by atomic mass is 9.97. The van der Waals surface area contributed by atoms with Gasteiger partial charge < -0.3 is 28.6 Å². The van der Waals surface area contributed by atoms with E-state index in [-0.39, 0.29) is 29.8 Å². The van der Waals surface area contributed by atoms with Crippen molar-refractivity contribution < 1.29 is 19.0 Å². The molecule has 3 aromatic rings. The van der Waals surface area contributed by atoms with Crippen LogP contribution in [-0.4, -0.2) is 69.9 Å². The summed E-state index contributed by atoms with van der Waals surface area (Å²) in [6, 6.07) is 11.1. The maximum Gasteiger partial charge on any atom is 0.410 e. The van der Waals surface area contributed by atoms with Gasteiger partial charge in [0.1, 0.15) is 19.8 Å². The van der Waals surface area contributed by atoms with Gasteiger partial charge in [-0.3, -0.25) is 9.78 Å². The first-order valence-electron chi connectivity index (χ1n) is 13.3. The molecule has 5 rings (SSSR count). The van der Waals surface area contributed by atoms with Crippen molar-refractivity contribution in [1.29, 1.82) is 0 Å². The molecule has 1 amide bonds. The molecule has 1 aromatic carbocycles. The summed E-state index contributed by atoms with van der Waals surface area (Å²) in [4.78, 5) is 34.3. The molecule has 9 nitrogen and oxygen atoms in total. The maximum absolute atomic E-state index is 13.3. The highest BCUT2D eigenvalue weighted by atomic mass is 16.6. The average Bonchev–Trinajstić information content (AvgIpc) is 2.91. The SMILES string of the molecule is CC(C)(C)N(C(=O)OCc1ccc2c(c1)OCCO2)C1CCN(CCn2c(=O)ccc3ccncc32)CC1. The third-order valence-corrected chi connectivity index (χ3v) is 7.25. The van der Waals surface area contributed by atoms with Gasteiger partial charge in [-0.1, -0.05) is 6.07 Å². The number of nitrogens with zero attached hydrogens (tertiary/aromatic N) is 4. The Morgan fingerprint density at radius 2 is 1.82 bits per heavy atom. The number of amides is 1. The molecule has 2 aliphatic rings. The minimum atomic E-state index is -0.375. The first kappa shape index (κ1) is 26.0. The summed E-state index contributed by atoms with van der Waals surface area (Å²) in [5, 5.41) is 1.01. The van der Waals surface area contributed by atoms with Gasteiger partial charge in [0.2, 0.25) is 0 Å². The summed E-state index contributed by atoms with van der Waals surface area (Å²) in [5.41, 5.74) is 1.33. The van der Waals surface area contributed by atoms with Gasteiger partial charge in [0.25, 0.3) is 5.56 Å². The predicted octanol–water partition coefficient (Wildman–Crippen LogP) is 4.07. The number of carbonyl (C=O) groups is 1. The van der Waals surface area contributed by atoms with Gasteiger partial charge >= 0.3 is 6.09 Å². The summed E-state index contributed by atoms with van der Waals surface area (Å²) in [6.07, 6.45) is 4.89. The number of aromatic nitrogens is 2. The van der Waals surface area contributed by atoms with Gasteiger partial charge in [-0.15, -0.1) is 0 Å². The number of ether oxygens (including phenoxy) is 3. The van der Waals surface area contributed by atoms with Crippen molar-refractivity contribution in [3.63, 3.8) is 0 Å². The molecule has 38 heavy (non-hydrogen) atoms. The summed E-state index contributed by atoms with van der Waals surface area (Å²) < 4.78 is 18.8. The Kier molecular flexibility index (Phi) is 7.56. The van der Waals surface area contributed by atoms with Gasteiger partial charge in [-0.2, -0.15) is 0 Å². The van der Waals surface area contributed by atoms with E-state index in [4.69, 9.17) is 14.2 Å². The van der Waals surface area contributed by atoms with Crippen molar-refractivity contribution in [2.45, 2.75) is 58.3 Å². The fourth-order valence-corrected chi connectivity index (χ4v) is 5.37. The van der Waals surface area contributed by atoms with Crippen LogP contribution in [0.1, 0.15) is 39.2 Å². The number of benzene rings is 1. The van der Waals surface area contributed by atoms with Crippen molar-refractivity contribution in [1.82, 2.24) is 19.4 Å². The van der Waals surface area contributed by atoms with Gasteiger partial charge in [-0.25, -0.2) is 4.79 Å². The normalized spacial score (nSPS) is 16.4. The van der Waals surface area contributed by atoms with Gasteiger partial charge in [0.15, 0.2) is 11.5 Å². The van der Waals surface area contributed by atoms with Crippen molar-refractivity contribution >= 4 is 17.0 Å². The minimum Gasteiger partial charge on any atom is -0.486 e. The van der Waals surface area contributed by atoms with E-state index < -0.39 is 0 Å². The molecule has 1 saturated heterocycles. The second kappa shape index (κ2) is 11.0. The molecule has 1 fully saturated rings. The van der Waals surface area contributed by atoms with Crippen LogP contribution in [0, 0.1) is 0 Å². The maximum atomic E-state index is 13.3. The number of fused-ring (bicyclic) bond motifs is 2. The van der Waals surface area contributed by atoms with Crippen LogP contribution in [0.25, 0.3) is 10.9 Å². The van der Waals surface area contributed by atoms with Crippen molar-refractivity contribution in [3.8, 4) is 11.5 Å². The second-order valence-corrected chi connectivity index (χ2v) is 10.9. The molecule has 0 spiro atoms. The number of pyridine rings is 2. The lowest BCUT2D eigenvalue weighted by Crippen LogP contribution is -2.55. The Labute approximate surface area is 222 Å². The van der Waals surface area contributed by atoms with Gasteiger partial charge in [-0.05, 0) is 63.4 Å². The van der Waals surface area contributed by atoms with Crippen LogP contribution in [0.15, 0.2) is 53.6 Å². The Morgan fingerprint density at radius 1 is 1.05 bits per heavy atom. The fourth-order valence-electron chi connectivity index (χ4n) is 5.37. The molecular formula is C29H36N4O5. The lowest BCUT2D eigenvalue weighted by Gasteiger charge is -2.44. The monoisotopic (exact) mass is 520 g/mol. The van der Waals surface area contributed by atoms with E-state index in [1.807, 2.05) is 56.0 Å². The van der Waals surface area contributed by atoms with Crippen molar-refractivity contribution in [3.05, 3.63) is 64.7 Å². The first-order valence-corrected chi connectivity index (χ1v) is 13.3. The topological polar surface area (TPSA) is 86.1 Å². The van der Waals surface area contributed by atoms with E-state index in [1.54, 1.807) is 23.0 Å². The van der Waals surface area contributed by atoms with Crippen molar-refractivity contribution in [2.24, 2.45) is 0 Å². The average molecular weight is 521 g/mol. The quantitative estimate of drug-likeness (QED) is 0.484. The molecular weight excluding hydrogens is 484 g/mol. The predicted molar refractivity (Wildman–Crippen MR) is 145 cm³/mol. The highest BCUT2D eigenvalue weighted by molar-refractivity contribution is 5.77. The minimum absolute atomic E-state index is 0.0138. The molecule has 9 heteroatoms. The summed E-state index contributed by atoms with van der Waals surface area (Å²) >= 11 is 0. The zero-order valence-electron chi connectivity index (χ0n) is 22.4. The van der Waals surface area contributed by atoms with Gasteiger partial charge in [0.05, 0.1) is 11.7 Å². The van der Waals surface area contributed by atoms with E-state index in [9.17, 15) is 9.59 Å². The lowest BCUT2D eigenvalue weighted by molar-refractivity contribution is 0.0196. The third-order valence-electron chi connectivity index (χ3n) is 7.25. The van der Waals surface area contributed by atoms with Crippen LogP contribution in [-0.2, 0) is 17.9 Å². The van der Waals surface area contributed by atoms with Crippen LogP contribution in [0.5, 0.6) is 11.5 Å². The first-order chi connectivity index (χ1) is 18.3. The van der Waals surface area contributed by atoms with E-state index >= 15 is 0 Å². The number of carbonyl (C=O) groups excluding carboxylic acids is 1. The van der Waals surface area contributed by atoms with Crippen LogP contribution < -0.4 is 15.0 Å². The highest BCUT2D eigenvalue weighted by Crippen LogP contribution is 2.31. The van der Waals surface area contributed by atoms with Crippen LogP contribution in [0.2, 0.25) is 0 Å². The standard InChI is InChI=1S/C29H36N4O5/c1-29(2,3)33(28(35)38-20-21-4-6-25-26(18-21)37-17-16-36-25)23-9-12-31(13-10-23)14-15-32-24-19-30-11-8-22(24)5-7-27(32)34/h4-8,11,18-19,23H,9-10,12-17,20H2,1-3H3. The molecule has 2 aliphatic heterocycles. The Bertz CT molecular complexity index is 1340. The molecule has 0 saturated carbocycles. The zero-order valence-corrected chi connectivity index (χ0v) is 22.4. The number of hydrogen-bond acceptors (Lipinski definition) is 7. The Morgan fingerprint density at radius 3 is 2.58 bits per heavy atom. The van der Waals surface area contributed by atoms with Crippen LogP contribution >= 0.6 is 0 Å². The summed E-state index contributed by atoms with van der Waals surface area (Å²) in [5.74, 6) is 1.41. The largest absolute Gasteiger partial charge is 0.486 e. The van der Waals surface area contributed by atoms with E-state index in [1.165, 1.54) is 0 Å². The number of rotatable bonds is 6. The molecule has 0 aliphatic carbocycles. The fraction of sp³-hybridized carbons (Fsp3) is 0.483. The molecule has 0 unspecified atom stereocenters. The molecule has 0 bridgehead atoms. The molecule has 0 radical (unpaired) electrons. The summed E-state index contributed by atoms with van der Waals surface area (Å²) in [7, 11) is 0. The molecule has 2 aromatic heterocycles. The molecule has 202 valence electrons. The smallest absolute Gasteiger partial charge is 0.410 e. The third kappa shape index (κ3) is 5.78. The Hall–Kier alpha value is -3.59. The zero-order chi connectivity index (χ0) is 26.7. The summed E-state index contributed by atoms with van der Waals surface area (Å²) in [6.45, 7) is 10.5.